The van der Waals surface area contributed by atoms with Crippen LogP contribution in [0.4, 0.5) is 0 Å². The van der Waals surface area contributed by atoms with Crippen molar-refractivity contribution >= 4 is 11.0 Å². The van der Waals surface area contributed by atoms with E-state index in [2.05, 4.69) is 40.8 Å². The average Bonchev–Trinajstić information content (AvgIpc) is 3.02. The first-order valence-electron chi connectivity index (χ1n) is 8.73. The second-order valence-electron chi connectivity index (χ2n) is 7.17. The van der Waals surface area contributed by atoms with Gasteiger partial charge in [-0.3, -0.25) is 4.84 Å². The molecule has 2 fully saturated rings. The van der Waals surface area contributed by atoms with Crippen molar-refractivity contribution in [3.8, 4) is 0 Å². The number of aromatic nitrogens is 2. The van der Waals surface area contributed by atoms with Gasteiger partial charge < -0.3 is 4.57 Å². The monoisotopic (exact) mass is 297 g/mol. The molecular weight excluding hydrogens is 274 g/mol. The lowest BCUT2D eigenvalue weighted by Gasteiger charge is -2.34. The normalized spacial score (nSPS) is 32.5. The molecule has 1 saturated carbocycles. The lowest BCUT2D eigenvalue weighted by Crippen LogP contribution is -2.37. The molecule has 3 aliphatic rings. The minimum absolute atomic E-state index is 0.303. The van der Waals surface area contributed by atoms with Gasteiger partial charge in [0.1, 0.15) is 11.9 Å². The number of rotatable bonds is 1. The Balaban J connectivity index is 1.60. The summed E-state index contributed by atoms with van der Waals surface area (Å²) >= 11 is 0. The lowest BCUT2D eigenvalue weighted by molar-refractivity contribution is -0.193. The third-order valence-electron chi connectivity index (χ3n) is 5.86. The highest BCUT2D eigenvalue weighted by Crippen LogP contribution is 2.47. The second kappa shape index (κ2) is 4.80. The van der Waals surface area contributed by atoms with Gasteiger partial charge >= 0.3 is 0 Å². The summed E-state index contributed by atoms with van der Waals surface area (Å²) in [7, 11) is 0. The van der Waals surface area contributed by atoms with Crippen LogP contribution in [0.3, 0.4) is 0 Å². The van der Waals surface area contributed by atoms with E-state index in [-0.39, 0.29) is 0 Å². The molecule has 3 atom stereocenters. The highest BCUT2D eigenvalue weighted by atomic mass is 16.7. The molecule has 2 aliphatic heterocycles. The van der Waals surface area contributed by atoms with Crippen molar-refractivity contribution in [2.45, 2.75) is 63.8 Å². The minimum atomic E-state index is 0.303. The Morgan fingerprint density at radius 1 is 1.14 bits per heavy atom. The standard InChI is InChI=1S/C18H23N3O/c1-12-16-11-20-15-10-6-5-9-14(15)19-18(20)17(12)21(22-16)13-7-3-2-4-8-13/h5-6,9-10,12-13,16-17H,2-4,7-8,11H2,1H3/t12-,16-,17-/m1/s1. The van der Waals surface area contributed by atoms with Crippen molar-refractivity contribution < 1.29 is 4.84 Å². The quantitative estimate of drug-likeness (QED) is 0.804. The number of hydrogen-bond donors (Lipinski definition) is 0. The van der Waals surface area contributed by atoms with Gasteiger partial charge in [0.25, 0.3) is 0 Å². The molecule has 5 rings (SSSR count). The summed E-state index contributed by atoms with van der Waals surface area (Å²) in [5.74, 6) is 1.75. The van der Waals surface area contributed by atoms with Crippen LogP contribution in [0.5, 0.6) is 0 Å². The average molecular weight is 297 g/mol. The molecular formula is C18H23N3O. The summed E-state index contributed by atoms with van der Waals surface area (Å²) in [6, 6.07) is 9.42. The topological polar surface area (TPSA) is 30.3 Å². The van der Waals surface area contributed by atoms with Gasteiger partial charge in [0.05, 0.1) is 23.6 Å². The van der Waals surface area contributed by atoms with Crippen molar-refractivity contribution in [2.24, 2.45) is 5.92 Å². The number of hydrogen-bond acceptors (Lipinski definition) is 3. The molecule has 0 spiro atoms. The van der Waals surface area contributed by atoms with Crippen molar-refractivity contribution in [2.75, 3.05) is 0 Å². The van der Waals surface area contributed by atoms with Gasteiger partial charge in [-0.05, 0) is 25.0 Å². The molecule has 4 nitrogen and oxygen atoms in total. The maximum atomic E-state index is 6.40. The van der Waals surface area contributed by atoms with E-state index in [0.717, 1.165) is 12.1 Å². The highest BCUT2D eigenvalue weighted by Gasteiger charge is 2.50. The van der Waals surface area contributed by atoms with E-state index in [1.807, 2.05) is 0 Å². The largest absolute Gasteiger partial charge is 0.324 e. The third kappa shape index (κ3) is 1.74. The molecule has 0 amide bonds. The summed E-state index contributed by atoms with van der Waals surface area (Å²) in [5, 5.41) is 2.33. The molecule has 0 radical (unpaired) electrons. The van der Waals surface area contributed by atoms with E-state index in [4.69, 9.17) is 9.82 Å². The van der Waals surface area contributed by atoms with Crippen molar-refractivity contribution in [3.63, 3.8) is 0 Å². The van der Waals surface area contributed by atoms with Crippen LogP contribution in [-0.4, -0.2) is 26.8 Å². The smallest absolute Gasteiger partial charge is 0.130 e. The fraction of sp³-hybridized carbons (Fsp3) is 0.611. The Kier molecular flexibility index (Phi) is 2.86. The predicted molar refractivity (Wildman–Crippen MR) is 85.2 cm³/mol. The number of imidazole rings is 1. The Morgan fingerprint density at radius 2 is 1.95 bits per heavy atom. The summed E-state index contributed by atoms with van der Waals surface area (Å²) < 4.78 is 2.40. The molecule has 0 N–H and O–H groups in total. The molecule has 4 heteroatoms. The van der Waals surface area contributed by atoms with Crippen LogP contribution in [0.15, 0.2) is 24.3 Å². The summed E-state index contributed by atoms with van der Waals surface area (Å²) in [6.07, 6.45) is 6.91. The number of fused-ring (bicyclic) bond motifs is 6. The minimum Gasteiger partial charge on any atom is -0.324 e. The number of para-hydroxylation sites is 2. The summed E-state index contributed by atoms with van der Waals surface area (Å²) in [4.78, 5) is 11.4. The molecule has 2 bridgehead atoms. The first kappa shape index (κ1) is 13.1. The predicted octanol–water partition coefficient (Wildman–Crippen LogP) is 3.68. The summed E-state index contributed by atoms with van der Waals surface area (Å²) in [5.41, 5.74) is 2.38. The third-order valence-corrected chi connectivity index (χ3v) is 5.86. The zero-order chi connectivity index (χ0) is 14.7. The van der Waals surface area contributed by atoms with Gasteiger partial charge in [-0.15, -0.1) is 0 Å². The van der Waals surface area contributed by atoms with Gasteiger partial charge in [0.2, 0.25) is 0 Å². The number of nitrogens with zero attached hydrogens (tertiary/aromatic N) is 3. The van der Waals surface area contributed by atoms with E-state index >= 15 is 0 Å². The van der Waals surface area contributed by atoms with E-state index in [1.165, 1.54) is 43.4 Å². The lowest BCUT2D eigenvalue weighted by atomic mass is 9.90. The Hall–Kier alpha value is -1.39. The highest BCUT2D eigenvalue weighted by molar-refractivity contribution is 5.76. The SMILES string of the molecule is C[C@@H]1[C@H]2Cn3c(nc4ccccc43)[C@@H]1N(C1CCCCC1)O2. The molecule has 3 heterocycles. The van der Waals surface area contributed by atoms with E-state index in [9.17, 15) is 0 Å². The zero-order valence-electron chi connectivity index (χ0n) is 13.1. The molecule has 1 saturated heterocycles. The van der Waals surface area contributed by atoms with Gasteiger partial charge in [0, 0.05) is 12.0 Å². The fourth-order valence-corrected chi connectivity index (χ4v) is 4.64. The van der Waals surface area contributed by atoms with Crippen LogP contribution in [0.25, 0.3) is 11.0 Å². The second-order valence-corrected chi connectivity index (χ2v) is 7.17. The van der Waals surface area contributed by atoms with Gasteiger partial charge in [-0.2, -0.15) is 5.06 Å². The molecule has 1 aromatic heterocycles. The first-order chi connectivity index (χ1) is 10.8. The maximum Gasteiger partial charge on any atom is 0.130 e. The van der Waals surface area contributed by atoms with Crippen LogP contribution in [-0.2, 0) is 11.4 Å². The van der Waals surface area contributed by atoms with Crippen LogP contribution >= 0.6 is 0 Å². The maximum absolute atomic E-state index is 6.40. The molecule has 1 aliphatic carbocycles. The first-order valence-corrected chi connectivity index (χ1v) is 8.73. The van der Waals surface area contributed by atoms with E-state index in [0.29, 0.717) is 24.1 Å². The molecule has 1 aromatic carbocycles. The Labute approximate surface area is 131 Å². The summed E-state index contributed by atoms with van der Waals surface area (Å²) in [6.45, 7) is 3.28. The number of hydroxylamine groups is 2. The zero-order valence-corrected chi connectivity index (χ0v) is 13.1. The van der Waals surface area contributed by atoms with Crippen molar-refractivity contribution in [1.82, 2.24) is 14.6 Å². The van der Waals surface area contributed by atoms with Crippen LogP contribution in [0.1, 0.15) is 50.9 Å². The fourth-order valence-electron chi connectivity index (χ4n) is 4.64. The number of benzene rings is 1. The Morgan fingerprint density at radius 3 is 2.82 bits per heavy atom. The van der Waals surface area contributed by atoms with Gasteiger partial charge in [-0.25, -0.2) is 4.98 Å². The Bertz CT molecular complexity index is 703. The van der Waals surface area contributed by atoms with Crippen molar-refractivity contribution in [3.05, 3.63) is 30.1 Å². The molecule has 22 heavy (non-hydrogen) atoms. The van der Waals surface area contributed by atoms with Crippen LogP contribution in [0, 0.1) is 5.92 Å². The van der Waals surface area contributed by atoms with Crippen LogP contribution < -0.4 is 0 Å². The van der Waals surface area contributed by atoms with E-state index < -0.39 is 0 Å². The molecule has 116 valence electrons. The van der Waals surface area contributed by atoms with Crippen LogP contribution in [0.2, 0.25) is 0 Å². The molecule has 2 aromatic rings. The van der Waals surface area contributed by atoms with Crippen molar-refractivity contribution in [1.29, 1.82) is 0 Å². The van der Waals surface area contributed by atoms with Gasteiger partial charge in [-0.1, -0.05) is 38.3 Å². The molecule has 0 unspecified atom stereocenters. The van der Waals surface area contributed by atoms with Gasteiger partial charge in [0.15, 0.2) is 0 Å². The van der Waals surface area contributed by atoms with E-state index in [1.54, 1.807) is 0 Å².